The summed E-state index contributed by atoms with van der Waals surface area (Å²) in [6.45, 7) is 3.42. The second-order valence-electron chi connectivity index (χ2n) is 4.80. The summed E-state index contributed by atoms with van der Waals surface area (Å²) in [6.07, 6.45) is 0.339. The van der Waals surface area contributed by atoms with Crippen LogP contribution in [0.15, 0.2) is 33.9 Å². The van der Waals surface area contributed by atoms with Crippen molar-refractivity contribution in [3.63, 3.8) is 0 Å². The Bertz CT molecular complexity index is 561. The topological polar surface area (TPSA) is 89.4 Å². The zero-order valence-corrected chi connectivity index (χ0v) is 11.6. The van der Waals surface area contributed by atoms with Crippen molar-refractivity contribution in [3.8, 4) is 0 Å². The summed E-state index contributed by atoms with van der Waals surface area (Å²) in [7, 11) is 0. The molecule has 6 heteroatoms. The average Bonchev–Trinajstić information content (AvgIpc) is 2.69. The molecule has 0 radical (unpaired) electrons. The van der Waals surface area contributed by atoms with Crippen LogP contribution in [0, 0.1) is 0 Å². The Morgan fingerprint density at radius 3 is 2.89 bits per heavy atom. The summed E-state index contributed by atoms with van der Waals surface area (Å²) in [6, 6.07) is 7.50. The molecule has 19 heavy (non-hydrogen) atoms. The summed E-state index contributed by atoms with van der Waals surface area (Å²) in [5.41, 5.74) is 6.01. The van der Waals surface area contributed by atoms with Crippen LogP contribution in [0.5, 0.6) is 0 Å². The van der Waals surface area contributed by atoms with Gasteiger partial charge in [-0.2, -0.15) is 0 Å². The number of hydrogen-bond acceptors (Lipinski definition) is 5. The van der Waals surface area contributed by atoms with Gasteiger partial charge in [-0.3, -0.25) is 4.79 Å². The number of benzene rings is 1. The fourth-order valence-corrected chi connectivity index (χ4v) is 2.86. The minimum absolute atomic E-state index is 0.000776. The molecule has 0 saturated heterocycles. The van der Waals surface area contributed by atoms with E-state index in [4.69, 9.17) is 15.3 Å². The number of nitrogens with zero attached hydrogens (tertiary/aromatic N) is 1. The van der Waals surface area contributed by atoms with E-state index in [2.05, 4.69) is 4.98 Å². The highest BCUT2D eigenvalue weighted by molar-refractivity contribution is 7.99. The normalized spacial score (nSPS) is 16.2. The summed E-state index contributed by atoms with van der Waals surface area (Å²) >= 11 is 1.39. The van der Waals surface area contributed by atoms with Crippen LogP contribution >= 0.6 is 11.8 Å². The van der Waals surface area contributed by atoms with Crippen molar-refractivity contribution < 1.29 is 14.3 Å². The molecule has 1 aromatic carbocycles. The number of hydrogen-bond donors (Lipinski definition) is 2. The van der Waals surface area contributed by atoms with Gasteiger partial charge >= 0.3 is 5.97 Å². The lowest BCUT2D eigenvalue weighted by molar-refractivity contribution is -0.142. The van der Waals surface area contributed by atoms with E-state index in [0.29, 0.717) is 11.6 Å². The van der Waals surface area contributed by atoms with Crippen LogP contribution in [-0.4, -0.2) is 26.8 Å². The van der Waals surface area contributed by atoms with Gasteiger partial charge in [0.2, 0.25) is 0 Å². The molecule has 2 rings (SSSR count). The maximum atomic E-state index is 11.0. The molecule has 0 spiro atoms. The van der Waals surface area contributed by atoms with Crippen molar-refractivity contribution in [1.82, 2.24) is 4.98 Å². The monoisotopic (exact) mass is 280 g/mol. The van der Waals surface area contributed by atoms with Gasteiger partial charge in [0.25, 0.3) is 5.22 Å². The van der Waals surface area contributed by atoms with Gasteiger partial charge in [0.05, 0.1) is 0 Å². The zero-order chi connectivity index (χ0) is 14.0. The molecular formula is C13H16N2O3S. The quantitative estimate of drug-likeness (QED) is 0.818. The average molecular weight is 280 g/mol. The van der Waals surface area contributed by atoms with Gasteiger partial charge in [0.15, 0.2) is 5.58 Å². The van der Waals surface area contributed by atoms with Crippen LogP contribution in [0.4, 0.5) is 0 Å². The number of carbonyl (C=O) groups is 1. The van der Waals surface area contributed by atoms with Crippen LogP contribution in [-0.2, 0) is 4.79 Å². The van der Waals surface area contributed by atoms with Crippen molar-refractivity contribution in [2.75, 3.05) is 0 Å². The molecule has 0 aliphatic carbocycles. The maximum absolute atomic E-state index is 11.0. The molecular weight excluding hydrogens is 264 g/mol. The Morgan fingerprint density at radius 2 is 2.26 bits per heavy atom. The SMILES string of the molecule is CC(CC(C)(N)C(=O)O)Sc1nc2ccccc2o1. The smallest absolute Gasteiger partial charge is 0.323 e. The second kappa shape index (κ2) is 5.22. The van der Waals surface area contributed by atoms with Crippen LogP contribution in [0.1, 0.15) is 20.3 Å². The first kappa shape index (κ1) is 13.9. The van der Waals surface area contributed by atoms with Gasteiger partial charge in [-0.25, -0.2) is 4.98 Å². The first-order chi connectivity index (χ1) is 8.88. The predicted molar refractivity (Wildman–Crippen MR) is 74.2 cm³/mol. The third-order valence-corrected chi connectivity index (χ3v) is 3.72. The Morgan fingerprint density at radius 1 is 1.58 bits per heavy atom. The van der Waals surface area contributed by atoms with E-state index >= 15 is 0 Å². The molecule has 1 aromatic heterocycles. The molecule has 2 unspecified atom stereocenters. The lowest BCUT2D eigenvalue weighted by Crippen LogP contribution is -2.46. The van der Waals surface area contributed by atoms with Crippen LogP contribution < -0.4 is 5.73 Å². The standard InChI is InChI=1S/C13H16N2O3S/c1-8(7-13(2,14)11(16)17)19-12-15-9-5-3-4-6-10(9)18-12/h3-6,8H,7,14H2,1-2H3,(H,16,17). The largest absolute Gasteiger partial charge is 0.480 e. The highest BCUT2D eigenvalue weighted by Gasteiger charge is 2.30. The molecule has 1 heterocycles. The number of para-hydroxylation sites is 2. The third-order valence-electron chi connectivity index (χ3n) is 2.78. The first-order valence-electron chi connectivity index (χ1n) is 5.93. The van der Waals surface area contributed by atoms with Crippen LogP contribution in [0.3, 0.4) is 0 Å². The van der Waals surface area contributed by atoms with Crippen molar-refractivity contribution >= 4 is 28.8 Å². The van der Waals surface area contributed by atoms with E-state index < -0.39 is 11.5 Å². The second-order valence-corrected chi connectivity index (χ2v) is 6.19. The van der Waals surface area contributed by atoms with E-state index in [1.807, 2.05) is 31.2 Å². The molecule has 0 amide bonds. The van der Waals surface area contributed by atoms with E-state index in [-0.39, 0.29) is 5.25 Å². The Kier molecular flexibility index (Phi) is 3.82. The lowest BCUT2D eigenvalue weighted by atomic mass is 9.98. The maximum Gasteiger partial charge on any atom is 0.323 e. The Labute approximate surface area is 115 Å². The number of aliphatic carboxylic acids is 1. The minimum Gasteiger partial charge on any atom is -0.480 e. The van der Waals surface area contributed by atoms with Gasteiger partial charge in [0, 0.05) is 5.25 Å². The summed E-state index contributed by atoms with van der Waals surface area (Å²) < 4.78 is 5.58. The molecule has 5 nitrogen and oxygen atoms in total. The molecule has 2 aromatic rings. The highest BCUT2D eigenvalue weighted by atomic mass is 32.2. The van der Waals surface area contributed by atoms with E-state index in [1.165, 1.54) is 18.7 Å². The number of fused-ring (bicyclic) bond motifs is 1. The predicted octanol–water partition coefficient (Wildman–Crippen LogP) is 2.50. The molecule has 3 N–H and O–H groups in total. The molecule has 0 aliphatic rings. The number of aromatic nitrogens is 1. The molecule has 0 aliphatic heterocycles. The van der Waals surface area contributed by atoms with Gasteiger partial charge in [-0.15, -0.1) is 0 Å². The number of carboxylic acid groups (broad SMARTS) is 1. The van der Waals surface area contributed by atoms with E-state index in [1.54, 1.807) is 0 Å². The number of oxazole rings is 1. The Balaban J connectivity index is 2.06. The molecule has 2 atom stereocenters. The fraction of sp³-hybridized carbons (Fsp3) is 0.385. The fourth-order valence-electron chi connectivity index (χ4n) is 1.80. The van der Waals surface area contributed by atoms with Crippen molar-refractivity contribution in [3.05, 3.63) is 24.3 Å². The van der Waals surface area contributed by atoms with Crippen molar-refractivity contribution in [2.45, 2.75) is 36.3 Å². The molecule has 0 bridgehead atoms. The van der Waals surface area contributed by atoms with E-state index in [0.717, 1.165) is 11.1 Å². The van der Waals surface area contributed by atoms with Crippen LogP contribution in [0.2, 0.25) is 0 Å². The summed E-state index contributed by atoms with van der Waals surface area (Å²) in [5, 5.41) is 9.53. The minimum atomic E-state index is -1.24. The molecule has 102 valence electrons. The highest BCUT2D eigenvalue weighted by Crippen LogP contribution is 2.29. The Hall–Kier alpha value is -1.53. The van der Waals surface area contributed by atoms with Gasteiger partial charge in [-0.1, -0.05) is 30.8 Å². The van der Waals surface area contributed by atoms with Gasteiger partial charge in [0.1, 0.15) is 11.1 Å². The number of carboxylic acids is 1. The van der Waals surface area contributed by atoms with Gasteiger partial charge in [-0.05, 0) is 25.5 Å². The van der Waals surface area contributed by atoms with E-state index in [9.17, 15) is 4.79 Å². The number of nitrogens with two attached hydrogens (primary N) is 1. The number of rotatable bonds is 5. The lowest BCUT2D eigenvalue weighted by Gasteiger charge is -2.22. The van der Waals surface area contributed by atoms with Crippen molar-refractivity contribution in [1.29, 1.82) is 0 Å². The van der Waals surface area contributed by atoms with Crippen LogP contribution in [0.25, 0.3) is 11.1 Å². The molecule has 0 fully saturated rings. The van der Waals surface area contributed by atoms with Gasteiger partial charge < -0.3 is 15.3 Å². The third kappa shape index (κ3) is 3.27. The summed E-state index contributed by atoms with van der Waals surface area (Å²) in [5.74, 6) is -1.00. The number of thioether (sulfide) groups is 1. The van der Waals surface area contributed by atoms with Crippen molar-refractivity contribution in [2.24, 2.45) is 5.73 Å². The molecule has 0 saturated carbocycles. The zero-order valence-electron chi connectivity index (χ0n) is 10.8. The first-order valence-corrected chi connectivity index (χ1v) is 6.81. The summed E-state index contributed by atoms with van der Waals surface area (Å²) in [4.78, 5) is 15.3.